The molecule has 0 radical (unpaired) electrons. The lowest BCUT2D eigenvalue weighted by Gasteiger charge is -2.31. The van der Waals surface area contributed by atoms with Gasteiger partial charge < -0.3 is 4.74 Å². The number of hydrogen-bond donors (Lipinski definition) is 0. The first kappa shape index (κ1) is 41.9. The molecule has 1 amide bonds. The molecule has 3 aliphatic rings. The van der Waals surface area contributed by atoms with Crippen LogP contribution in [0.4, 0.5) is 0 Å². The molecule has 3 aliphatic carbocycles. The summed E-state index contributed by atoms with van der Waals surface area (Å²) in [6.07, 6.45) is 12.6. The SMILES string of the molecule is C#CC#CC#CC#CC#CC#CC#CC#CC#CC#CC#CC#CC#CC#CC#CC#CC#CC#CN(CCC(=O)OC1CC2CC1C1C=CCC21)C(=O)C(=C)C. The van der Waals surface area contributed by atoms with Gasteiger partial charge in [0.15, 0.2) is 0 Å². The van der Waals surface area contributed by atoms with Gasteiger partial charge in [-0.3, -0.25) is 14.5 Å². The number of esters is 1. The standard InChI is InChI=1S/C53H23NO3/c1-4-5-6-7-8-9-10-11-12-13-14-15-16-17-18-19-20-21-22-23-24-25-26-27-28-29-30-31-32-33-34-35-36-37-42-54(53(56)46(2)3)43-41-52(55)57-51-45-47-44-50(51)49-40-38-39-48(47)49/h1,38,40,47-51H,2,39,41,43-45H2,3H3. The van der Waals surface area contributed by atoms with E-state index in [-0.39, 0.29) is 25.0 Å². The van der Waals surface area contributed by atoms with Crippen LogP contribution < -0.4 is 0 Å². The highest BCUT2D eigenvalue weighted by Gasteiger charge is 2.53. The van der Waals surface area contributed by atoms with Gasteiger partial charge in [0.2, 0.25) is 0 Å². The molecule has 5 atom stereocenters. The summed E-state index contributed by atoms with van der Waals surface area (Å²) >= 11 is 0. The second kappa shape index (κ2) is 26.3. The second-order valence-corrected chi connectivity index (χ2v) is 11.2. The normalized spacial score (nSPS) is 15.8. The van der Waals surface area contributed by atoms with Crippen molar-refractivity contribution in [2.45, 2.75) is 38.7 Å². The number of rotatable bonds is 5. The number of amides is 1. The molecule has 0 spiro atoms. The van der Waals surface area contributed by atoms with E-state index < -0.39 is 5.91 Å². The van der Waals surface area contributed by atoms with Crippen molar-refractivity contribution < 1.29 is 14.3 Å². The molecule has 0 aromatic carbocycles. The largest absolute Gasteiger partial charge is 0.462 e. The van der Waals surface area contributed by atoms with Crippen LogP contribution in [0.1, 0.15) is 32.6 Å². The van der Waals surface area contributed by atoms with Gasteiger partial charge in [-0.1, -0.05) is 18.7 Å². The fourth-order valence-corrected chi connectivity index (χ4v) is 5.59. The molecule has 0 N–H and O–H groups in total. The Hall–Kier alpha value is -9.50. The highest BCUT2D eigenvalue weighted by atomic mass is 16.5. The molecule has 4 heteroatoms. The molecule has 0 saturated heterocycles. The van der Waals surface area contributed by atoms with Gasteiger partial charge in [0, 0.05) is 178 Å². The quantitative estimate of drug-likeness (QED) is 0.144. The van der Waals surface area contributed by atoms with Crippen LogP contribution >= 0.6 is 0 Å². The van der Waals surface area contributed by atoms with Gasteiger partial charge in [-0.2, -0.15) is 0 Å². The Kier molecular flexibility index (Phi) is 19.3. The second-order valence-electron chi connectivity index (χ2n) is 11.2. The number of carbonyl (C=O) groups excluding carboxylic acids is 2. The van der Waals surface area contributed by atoms with Gasteiger partial charge in [0.25, 0.3) is 5.91 Å². The van der Waals surface area contributed by atoms with Crippen LogP contribution in [0, 0.1) is 237 Å². The van der Waals surface area contributed by atoms with Crippen molar-refractivity contribution in [3.8, 4) is 214 Å². The average molecular weight is 722 g/mol. The average Bonchev–Trinajstić information content (AvgIpc) is 3.94. The predicted molar refractivity (Wildman–Crippen MR) is 219 cm³/mol. The highest BCUT2D eigenvalue weighted by molar-refractivity contribution is 5.93. The summed E-state index contributed by atoms with van der Waals surface area (Å²) in [5, 5.41) is 0. The first-order valence-electron chi connectivity index (χ1n) is 16.8. The maximum atomic E-state index is 12.6. The van der Waals surface area contributed by atoms with Gasteiger partial charge in [0.05, 0.1) is 6.42 Å². The zero-order valence-electron chi connectivity index (χ0n) is 30.5. The van der Waals surface area contributed by atoms with Crippen LogP contribution in [0.3, 0.4) is 0 Å². The van der Waals surface area contributed by atoms with Crippen molar-refractivity contribution in [1.82, 2.24) is 4.90 Å². The maximum Gasteiger partial charge on any atom is 0.307 e. The van der Waals surface area contributed by atoms with Gasteiger partial charge in [-0.25, -0.2) is 0 Å². The van der Waals surface area contributed by atoms with Gasteiger partial charge >= 0.3 is 5.97 Å². The van der Waals surface area contributed by atoms with E-state index in [1.165, 1.54) is 4.90 Å². The summed E-state index contributed by atoms with van der Waals surface area (Å²) in [4.78, 5) is 26.4. The van der Waals surface area contributed by atoms with E-state index in [9.17, 15) is 9.59 Å². The van der Waals surface area contributed by atoms with E-state index in [1.807, 2.05) is 0 Å². The number of terminal acetylenes is 1. The van der Waals surface area contributed by atoms with Crippen molar-refractivity contribution in [3.05, 3.63) is 24.3 Å². The molecule has 258 valence electrons. The molecule has 5 unspecified atom stereocenters. The van der Waals surface area contributed by atoms with Crippen molar-refractivity contribution in [2.24, 2.45) is 23.7 Å². The van der Waals surface area contributed by atoms with Crippen LogP contribution in [0.5, 0.6) is 0 Å². The molecule has 0 aliphatic heterocycles. The van der Waals surface area contributed by atoms with E-state index in [4.69, 9.17) is 11.2 Å². The van der Waals surface area contributed by atoms with Gasteiger partial charge in [-0.05, 0) is 91.3 Å². The summed E-state index contributed by atoms with van der Waals surface area (Å²) in [6, 6.07) is 2.67. The molecule has 0 aromatic heterocycles. The molecule has 2 saturated carbocycles. The van der Waals surface area contributed by atoms with Crippen molar-refractivity contribution in [1.29, 1.82) is 0 Å². The first-order valence-corrected chi connectivity index (χ1v) is 16.8. The third-order valence-corrected chi connectivity index (χ3v) is 7.64. The zero-order chi connectivity index (χ0) is 40.6. The minimum atomic E-state index is -0.390. The Morgan fingerprint density at radius 3 is 1.37 bits per heavy atom. The fraction of sp³-hybridized carbons (Fsp3) is 0.208. The number of hydrogen-bond acceptors (Lipinski definition) is 3. The Balaban J connectivity index is 1.36. The van der Waals surface area contributed by atoms with Gasteiger partial charge in [-0.15, -0.1) is 6.42 Å². The van der Waals surface area contributed by atoms with Gasteiger partial charge in [0.1, 0.15) is 6.10 Å². The molecule has 3 rings (SSSR count). The van der Waals surface area contributed by atoms with E-state index in [2.05, 4.69) is 226 Å². The molecule has 57 heavy (non-hydrogen) atoms. The number of ether oxygens (including phenoxy) is 1. The first-order chi connectivity index (χ1) is 28.0. The smallest absolute Gasteiger partial charge is 0.307 e. The third-order valence-electron chi connectivity index (χ3n) is 7.64. The monoisotopic (exact) mass is 721 g/mol. The third kappa shape index (κ3) is 17.0. The number of allylic oxidation sites excluding steroid dienone is 2. The minimum Gasteiger partial charge on any atom is -0.462 e. The summed E-state index contributed by atoms with van der Waals surface area (Å²) in [7, 11) is 0. The molecule has 0 aromatic rings. The summed E-state index contributed by atoms with van der Waals surface area (Å²) in [6.45, 7) is 5.34. The Bertz CT molecular complexity index is 2920. The lowest BCUT2D eigenvalue weighted by Crippen LogP contribution is -2.34. The molecule has 0 heterocycles. The molecular weight excluding hydrogens is 699 g/mol. The van der Waals surface area contributed by atoms with Crippen molar-refractivity contribution >= 4 is 11.9 Å². The van der Waals surface area contributed by atoms with E-state index in [0.29, 0.717) is 29.2 Å². The number of nitrogens with zero attached hydrogens (tertiary/aromatic N) is 1. The molecule has 2 fully saturated rings. The fourth-order valence-electron chi connectivity index (χ4n) is 5.59. The molecular formula is C53H23NO3. The Labute approximate surface area is 337 Å². The van der Waals surface area contributed by atoms with Crippen LogP contribution in [-0.4, -0.2) is 29.4 Å². The molecule has 4 nitrogen and oxygen atoms in total. The highest BCUT2D eigenvalue weighted by Crippen LogP contribution is 2.57. The van der Waals surface area contributed by atoms with Crippen LogP contribution in [0.15, 0.2) is 24.3 Å². The van der Waals surface area contributed by atoms with Crippen molar-refractivity contribution in [3.63, 3.8) is 0 Å². The zero-order valence-corrected chi connectivity index (χ0v) is 30.5. The van der Waals surface area contributed by atoms with Crippen molar-refractivity contribution in [2.75, 3.05) is 6.54 Å². The van der Waals surface area contributed by atoms with E-state index in [1.54, 1.807) is 6.92 Å². The lowest BCUT2D eigenvalue weighted by molar-refractivity contribution is -0.153. The Morgan fingerprint density at radius 2 is 0.982 bits per heavy atom. The summed E-state index contributed by atoms with van der Waals surface area (Å²) < 4.78 is 5.83. The number of fused-ring (bicyclic) bond motifs is 5. The lowest BCUT2D eigenvalue weighted by atomic mass is 9.80. The van der Waals surface area contributed by atoms with Crippen LogP contribution in [-0.2, 0) is 14.3 Å². The Morgan fingerprint density at radius 1 is 0.596 bits per heavy atom. The summed E-state index contributed by atoms with van der Waals surface area (Å²) in [5.41, 5.74) is 0.293. The van der Waals surface area contributed by atoms with Crippen LogP contribution in [0.25, 0.3) is 0 Å². The maximum absolute atomic E-state index is 12.6. The van der Waals surface area contributed by atoms with E-state index >= 15 is 0 Å². The van der Waals surface area contributed by atoms with E-state index in [0.717, 1.165) is 19.3 Å². The minimum absolute atomic E-state index is 0.0290. The van der Waals surface area contributed by atoms with Crippen LogP contribution in [0.2, 0.25) is 0 Å². The summed E-state index contributed by atoms with van der Waals surface area (Å²) in [5.74, 6) is 86.0. The number of carbonyl (C=O) groups is 2. The topological polar surface area (TPSA) is 46.6 Å². The predicted octanol–water partition coefficient (Wildman–Crippen LogP) is 2.57. The molecule has 2 bridgehead atoms.